The van der Waals surface area contributed by atoms with Crippen LogP contribution < -0.4 is 0 Å². The number of aryl methyl sites for hydroxylation is 1. The number of piperidine rings is 1. The van der Waals surface area contributed by atoms with Crippen LogP contribution in [0, 0.1) is 24.2 Å². The fourth-order valence-corrected chi connectivity index (χ4v) is 5.30. The highest BCUT2D eigenvalue weighted by Crippen LogP contribution is 2.63. The number of hydrogen-bond donors (Lipinski definition) is 0. The van der Waals surface area contributed by atoms with E-state index < -0.39 is 0 Å². The number of carbonyl (C=O) groups is 2. The molecule has 2 aliphatic rings. The molecule has 0 spiro atoms. The van der Waals surface area contributed by atoms with Crippen molar-refractivity contribution in [1.82, 2.24) is 19.5 Å². The van der Waals surface area contributed by atoms with Crippen molar-refractivity contribution >= 4 is 28.9 Å². The zero-order valence-electron chi connectivity index (χ0n) is 19.0. The molecule has 0 N–H and O–H groups in total. The number of amides is 2. The molecule has 5 rings (SSSR count). The number of ether oxygens (including phenoxy) is 2. The van der Waals surface area contributed by atoms with E-state index in [2.05, 4.69) is 10.1 Å². The number of fused-ring (bicyclic) bond motifs is 2. The molecule has 33 heavy (non-hydrogen) atoms. The molecule has 2 amide bonds. The van der Waals surface area contributed by atoms with Crippen molar-refractivity contribution in [2.24, 2.45) is 17.3 Å². The quantitative estimate of drug-likeness (QED) is 0.299. The minimum Gasteiger partial charge on any atom is -0.359 e. The summed E-state index contributed by atoms with van der Waals surface area (Å²) in [5, 5.41) is 4.92. The Balaban J connectivity index is 1.50. The maximum atomic E-state index is 12.8. The second-order valence-electron chi connectivity index (χ2n) is 9.33. The lowest BCUT2D eigenvalue weighted by Crippen LogP contribution is -2.35. The summed E-state index contributed by atoms with van der Waals surface area (Å²) in [7, 11) is 1.58. The number of imide groups is 1. The summed E-state index contributed by atoms with van der Waals surface area (Å²) in [4.78, 5) is 31.4. The molecule has 2 fully saturated rings. The Morgan fingerprint density at radius 2 is 1.88 bits per heavy atom. The Bertz CT molecular complexity index is 1260. The van der Waals surface area contributed by atoms with Crippen LogP contribution in [0.25, 0.3) is 16.8 Å². The van der Waals surface area contributed by atoms with Gasteiger partial charge in [0.15, 0.2) is 0 Å². The first-order valence-corrected chi connectivity index (χ1v) is 11.2. The maximum absolute atomic E-state index is 12.8. The minimum atomic E-state index is -0.222. The van der Waals surface area contributed by atoms with Gasteiger partial charge in [0.2, 0.25) is 11.8 Å². The molecule has 9 heteroatoms. The first-order valence-electron chi connectivity index (χ1n) is 10.8. The van der Waals surface area contributed by atoms with Gasteiger partial charge in [-0.05, 0) is 47.2 Å². The topological polar surface area (TPSA) is 86.0 Å². The van der Waals surface area contributed by atoms with Gasteiger partial charge in [-0.3, -0.25) is 14.5 Å². The van der Waals surface area contributed by atoms with Crippen molar-refractivity contribution in [2.75, 3.05) is 13.9 Å². The standard InChI is InChI=1S/C24H25ClN4O4/c1-13-5-15(25)7-16(17(13)10-33-12-32-4)21-18-6-14(9-29(18)27-11-26-21)8-28-22(30)19-20(23(28)31)24(19,2)3/h5-7,9,11,19-20H,8,10,12H2,1-4H3. The number of likely N-dealkylation sites (tertiary alicyclic amines) is 1. The summed E-state index contributed by atoms with van der Waals surface area (Å²) in [6.45, 7) is 6.66. The molecule has 3 heterocycles. The van der Waals surface area contributed by atoms with E-state index in [1.54, 1.807) is 11.6 Å². The van der Waals surface area contributed by atoms with Crippen molar-refractivity contribution in [1.29, 1.82) is 0 Å². The Labute approximate surface area is 196 Å². The summed E-state index contributed by atoms with van der Waals surface area (Å²) < 4.78 is 12.3. The van der Waals surface area contributed by atoms with Gasteiger partial charge in [-0.15, -0.1) is 0 Å². The predicted molar refractivity (Wildman–Crippen MR) is 121 cm³/mol. The van der Waals surface area contributed by atoms with E-state index in [1.165, 1.54) is 11.2 Å². The maximum Gasteiger partial charge on any atom is 0.233 e. The van der Waals surface area contributed by atoms with Crippen molar-refractivity contribution in [3.05, 3.63) is 52.4 Å². The molecular formula is C24H25ClN4O4. The van der Waals surface area contributed by atoms with Gasteiger partial charge in [-0.25, -0.2) is 9.50 Å². The molecule has 8 nitrogen and oxygen atoms in total. The van der Waals surface area contributed by atoms with Gasteiger partial charge in [0.25, 0.3) is 0 Å². The Morgan fingerprint density at radius 1 is 1.15 bits per heavy atom. The summed E-state index contributed by atoms with van der Waals surface area (Å²) in [6, 6.07) is 5.66. The van der Waals surface area contributed by atoms with E-state index >= 15 is 0 Å². The van der Waals surface area contributed by atoms with Crippen molar-refractivity contribution in [3.8, 4) is 11.3 Å². The van der Waals surface area contributed by atoms with Gasteiger partial charge in [-0.2, -0.15) is 5.10 Å². The largest absolute Gasteiger partial charge is 0.359 e. The van der Waals surface area contributed by atoms with E-state index in [0.29, 0.717) is 17.3 Å². The zero-order chi connectivity index (χ0) is 23.5. The van der Waals surface area contributed by atoms with Crippen LogP contribution in [0.1, 0.15) is 30.5 Å². The first kappa shape index (κ1) is 22.0. The molecule has 172 valence electrons. The molecule has 1 aliphatic heterocycles. The van der Waals surface area contributed by atoms with Crippen molar-refractivity contribution in [2.45, 2.75) is 33.9 Å². The Kier molecular flexibility index (Phi) is 5.27. The number of rotatable bonds is 7. The third kappa shape index (κ3) is 3.53. The summed E-state index contributed by atoms with van der Waals surface area (Å²) in [5.74, 6) is -0.554. The van der Waals surface area contributed by atoms with Crippen LogP contribution >= 0.6 is 11.6 Å². The normalized spacial score (nSPS) is 21.2. The first-order chi connectivity index (χ1) is 15.7. The van der Waals surface area contributed by atoms with E-state index in [9.17, 15) is 9.59 Å². The zero-order valence-corrected chi connectivity index (χ0v) is 19.7. The molecule has 1 aliphatic carbocycles. The summed E-state index contributed by atoms with van der Waals surface area (Å²) in [6.07, 6.45) is 3.31. The molecule has 1 saturated heterocycles. The number of nitrogens with zero attached hydrogens (tertiary/aromatic N) is 4. The number of benzene rings is 1. The SMILES string of the molecule is COCOCc1c(C)cc(Cl)cc1-c1ncnn2cc(CN3C(=O)C4C(C3=O)C4(C)C)cc12. The number of methoxy groups -OCH3 is 1. The minimum absolute atomic E-state index is 0.0837. The molecule has 0 radical (unpaired) electrons. The van der Waals surface area contributed by atoms with Crippen LogP contribution in [0.4, 0.5) is 0 Å². The third-order valence-corrected chi connectivity index (χ3v) is 7.05. The van der Waals surface area contributed by atoms with Crippen LogP contribution in [0.15, 0.2) is 30.7 Å². The lowest BCUT2D eigenvalue weighted by Gasteiger charge is -2.19. The Morgan fingerprint density at radius 3 is 2.58 bits per heavy atom. The molecular weight excluding hydrogens is 444 g/mol. The fraction of sp³-hybridized carbons (Fsp3) is 0.417. The van der Waals surface area contributed by atoms with Crippen molar-refractivity contribution in [3.63, 3.8) is 0 Å². The average molecular weight is 469 g/mol. The van der Waals surface area contributed by atoms with E-state index in [0.717, 1.165) is 27.8 Å². The lowest BCUT2D eigenvalue weighted by molar-refractivity contribution is -0.143. The second-order valence-corrected chi connectivity index (χ2v) is 9.77. The van der Waals surface area contributed by atoms with Crippen LogP contribution in [-0.4, -0.2) is 45.2 Å². The van der Waals surface area contributed by atoms with E-state index in [1.807, 2.05) is 45.2 Å². The Hall–Kier alpha value is -2.81. The molecule has 2 aromatic heterocycles. The summed E-state index contributed by atoms with van der Waals surface area (Å²) in [5.41, 5.74) is 4.81. The van der Waals surface area contributed by atoms with Gasteiger partial charge >= 0.3 is 0 Å². The third-order valence-electron chi connectivity index (χ3n) is 6.84. The molecule has 2 atom stereocenters. The monoisotopic (exact) mass is 468 g/mol. The molecule has 0 bridgehead atoms. The fourth-order valence-electron chi connectivity index (χ4n) is 5.02. The van der Waals surface area contributed by atoms with Crippen LogP contribution in [0.5, 0.6) is 0 Å². The molecule has 3 aromatic rings. The number of hydrogen-bond acceptors (Lipinski definition) is 6. The number of aromatic nitrogens is 3. The molecule has 1 saturated carbocycles. The number of carbonyl (C=O) groups excluding carboxylic acids is 2. The van der Waals surface area contributed by atoms with Crippen LogP contribution in [-0.2, 0) is 32.2 Å². The molecule has 1 aromatic carbocycles. The highest BCUT2D eigenvalue weighted by Gasteiger charge is 2.72. The van der Waals surface area contributed by atoms with Gasteiger partial charge in [0.1, 0.15) is 13.1 Å². The van der Waals surface area contributed by atoms with E-state index in [4.69, 9.17) is 21.1 Å². The van der Waals surface area contributed by atoms with Gasteiger partial charge in [-0.1, -0.05) is 25.4 Å². The molecule has 2 unspecified atom stereocenters. The van der Waals surface area contributed by atoms with Gasteiger partial charge < -0.3 is 9.47 Å². The van der Waals surface area contributed by atoms with E-state index in [-0.39, 0.29) is 42.4 Å². The van der Waals surface area contributed by atoms with Gasteiger partial charge in [0, 0.05) is 23.9 Å². The highest BCUT2D eigenvalue weighted by molar-refractivity contribution is 6.31. The highest BCUT2D eigenvalue weighted by atomic mass is 35.5. The van der Waals surface area contributed by atoms with Gasteiger partial charge in [0.05, 0.1) is 36.2 Å². The van der Waals surface area contributed by atoms with Crippen LogP contribution in [0.3, 0.4) is 0 Å². The smallest absolute Gasteiger partial charge is 0.233 e. The van der Waals surface area contributed by atoms with Crippen molar-refractivity contribution < 1.29 is 19.1 Å². The second kappa shape index (κ2) is 7.90. The summed E-state index contributed by atoms with van der Waals surface area (Å²) >= 11 is 6.38. The lowest BCUT2D eigenvalue weighted by atomic mass is 9.99. The van der Waals surface area contributed by atoms with Crippen LogP contribution in [0.2, 0.25) is 5.02 Å². The number of halogens is 1. The average Bonchev–Trinajstić information content (AvgIpc) is 3.02. The predicted octanol–water partition coefficient (Wildman–Crippen LogP) is 3.62.